The molecular formula is C10H15NO2. The first-order chi connectivity index (χ1) is 6.18. The largest absolute Gasteiger partial charge is 0.478 e. The van der Waals surface area contributed by atoms with Crippen LogP contribution in [0.2, 0.25) is 0 Å². The van der Waals surface area contributed by atoms with Crippen molar-refractivity contribution in [2.75, 3.05) is 13.6 Å². The zero-order chi connectivity index (χ0) is 9.42. The summed E-state index contributed by atoms with van der Waals surface area (Å²) in [5, 5.41) is 8.86. The van der Waals surface area contributed by atoms with Crippen molar-refractivity contribution in [3.8, 4) is 0 Å². The van der Waals surface area contributed by atoms with E-state index in [-0.39, 0.29) is 0 Å². The maximum atomic E-state index is 10.8. The third-order valence-electron chi connectivity index (χ3n) is 2.99. The Morgan fingerprint density at radius 3 is 2.85 bits per heavy atom. The number of aliphatic carboxylic acids is 1. The highest BCUT2D eigenvalue weighted by molar-refractivity contribution is 5.86. The summed E-state index contributed by atoms with van der Waals surface area (Å²) in [4.78, 5) is 13.0. The summed E-state index contributed by atoms with van der Waals surface area (Å²) >= 11 is 0. The number of hydrogen-bond acceptors (Lipinski definition) is 2. The summed E-state index contributed by atoms with van der Waals surface area (Å²) < 4.78 is 0. The van der Waals surface area contributed by atoms with Crippen LogP contribution < -0.4 is 0 Å². The van der Waals surface area contributed by atoms with Crippen molar-refractivity contribution < 1.29 is 9.90 Å². The van der Waals surface area contributed by atoms with E-state index < -0.39 is 5.97 Å². The first-order valence-corrected chi connectivity index (χ1v) is 4.82. The second-order valence-corrected chi connectivity index (χ2v) is 4.06. The number of likely N-dealkylation sites (N-methyl/N-ethyl adjacent to an activating group) is 1. The first kappa shape index (κ1) is 8.75. The van der Waals surface area contributed by atoms with E-state index in [9.17, 15) is 4.79 Å². The lowest BCUT2D eigenvalue weighted by Gasteiger charge is -2.30. The average Bonchev–Trinajstić information content (AvgIpc) is 2.87. The molecule has 0 aromatic heterocycles. The van der Waals surface area contributed by atoms with Gasteiger partial charge in [-0.15, -0.1) is 0 Å². The molecule has 0 radical (unpaired) electrons. The minimum atomic E-state index is -0.737. The van der Waals surface area contributed by atoms with E-state index in [1.54, 1.807) is 0 Å². The Hall–Kier alpha value is -0.830. The van der Waals surface area contributed by atoms with Gasteiger partial charge in [0.05, 0.1) is 0 Å². The summed E-state index contributed by atoms with van der Waals surface area (Å²) in [7, 11) is 2.08. The van der Waals surface area contributed by atoms with Gasteiger partial charge in [0.25, 0.3) is 0 Å². The van der Waals surface area contributed by atoms with Crippen LogP contribution in [-0.4, -0.2) is 35.6 Å². The third kappa shape index (κ3) is 1.75. The Balaban J connectivity index is 2.13. The lowest BCUT2D eigenvalue weighted by atomic mass is 10.00. The van der Waals surface area contributed by atoms with Crippen LogP contribution in [0.3, 0.4) is 0 Å². The molecule has 0 saturated heterocycles. The van der Waals surface area contributed by atoms with Gasteiger partial charge in [-0.1, -0.05) is 6.08 Å². The fourth-order valence-electron chi connectivity index (χ4n) is 1.97. The van der Waals surface area contributed by atoms with Crippen LogP contribution in [0.1, 0.15) is 19.3 Å². The summed E-state index contributed by atoms with van der Waals surface area (Å²) in [6.45, 7) is 0.888. The highest BCUT2D eigenvalue weighted by Gasteiger charge is 2.35. The molecular weight excluding hydrogens is 166 g/mol. The minimum Gasteiger partial charge on any atom is -0.478 e. The molecule has 1 atom stereocenters. The highest BCUT2D eigenvalue weighted by Crippen LogP contribution is 2.37. The molecule has 1 N–H and O–H groups in total. The van der Waals surface area contributed by atoms with Gasteiger partial charge in [-0.2, -0.15) is 0 Å². The molecule has 3 nitrogen and oxygen atoms in total. The molecule has 1 aliphatic heterocycles. The van der Waals surface area contributed by atoms with Gasteiger partial charge in [-0.3, -0.25) is 4.90 Å². The molecule has 3 heteroatoms. The number of hydrogen-bond donors (Lipinski definition) is 1. The van der Waals surface area contributed by atoms with Gasteiger partial charge in [0.1, 0.15) is 0 Å². The summed E-state index contributed by atoms with van der Waals surface area (Å²) in [5.74, 6) is -0.0154. The zero-order valence-corrected chi connectivity index (χ0v) is 7.86. The van der Waals surface area contributed by atoms with Crippen LogP contribution in [0.5, 0.6) is 0 Å². The molecule has 72 valence electrons. The fourth-order valence-corrected chi connectivity index (χ4v) is 1.97. The molecule has 0 aromatic carbocycles. The molecule has 13 heavy (non-hydrogen) atoms. The number of carboxylic acids is 1. The Kier molecular flexibility index (Phi) is 2.12. The molecule has 1 saturated carbocycles. The van der Waals surface area contributed by atoms with Gasteiger partial charge in [0.2, 0.25) is 0 Å². The standard InChI is InChI=1S/C10H15NO2/c1-11-5-4-8(10(12)13)6-9(11)7-2-3-7/h6-7,9H,2-5H2,1H3,(H,12,13). The average molecular weight is 181 g/mol. The van der Waals surface area contributed by atoms with Crippen molar-refractivity contribution in [3.63, 3.8) is 0 Å². The molecule has 0 bridgehead atoms. The SMILES string of the molecule is CN1CCC(C(=O)O)=CC1C1CC1. The molecule has 0 amide bonds. The topological polar surface area (TPSA) is 40.5 Å². The normalized spacial score (nSPS) is 29.9. The van der Waals surface area contributed by atoms with Crippen LogP contribution in [0, 0.1) is 5.92 Å². The molecule has 2 rings (SSSR count). The van der Waals surface area contributed by atoms with E-state index in [2.05, 4.69) is 11.9 Å². The van der Waals surface area contributed by atoms with Gasteiger partial charge in [0.15, 0.2) is 0 Å². The van der Waals surface area contributed by atoms with Crippen LogP contribution in [-0.2, 0) is 4.79 Å². The van der Waals surface area contributed by atoms with Crippen LogP contribution in [0.25, 0.3) is 0 Å². The van der Waals surface area contributed by atoms with Crippen molar-refractivity contribution in [3.05, 3.63) is 11.6 Å². The predicted molar refractivity (Wildman–Crippen MR) is 49.5 cm³/mol. The summed E-state index contributed by atoms with van der Waals surface area (Å²) in [6.07, 6.45) is 5.16. The van der Waals surface area contributed by atoms with Crippen molar-refractivity contribution in [2.45, 2.75) is 25.3 Å². The van der Waals surface area contributed by atoms with Gasteiger partial charge < -0.3 is 5.11 Å². The zero-order valence-electron chi connectivity index (χ0n) is 7.86. The molecule has 1 aliphatic carbocycles. The van der Waals surface area contributed by atoms with E-state index in [4.69, 9.17) is 5.11 Å². The Bertz CT molecular complexity index is 256. The maximum absolute atomic E-state index is 10.8. The van der Waals surface area contributed by atoms with Crippen LogP contribution >= 0.6 is 0 Å². The number of rotatable bonds is 2. The second kappa shape index (κ2) is 3.14. The molecule has 0 aromatic rings. The Morgan fingerprint density at radius 1 is 1.62 bits per heavy atom. The Morgan fingerprint density at radius 2 is 2.31 bits per heavy atom. The first-order valence-electron chi connectivity index (χ1n) is 4.82. The van der Waals surface area contributed by atoms with Gasteiger partial charge >= 0.3 is 5.97 Å². The molecule has 1 heterocycles. The third-order valence-corrected chi connectivity index (χ3v) is 2.99. The van der Waals surface area contributed by atoms with E-state index in [0.29, 0.717) is 18.0 Å². The van der Waals surface area contributed by atoms with E-state index in [0.717, 1.165) is 12.5 Å². The van der Waals surface area contributed by atoms with Crippen molar-refractivity contribution >= 4 is 5.97 Å². The van der Waals surface area contributed by atoms with Crippen molar-refractivity contribution in [1.82, 2.24) is 4.90 Å². The number of carboxylic acid groups (broad SMARTS) is 1. The predicted octanol–water partition coefficient (Wildman–Crippen LogP) is 1.11. The van der Waals surface area contributed by atoms with Crippen molar-refractivity contribution in [1.29, 1.82) is 0 Å². The molecule has 2 aliphatic rings. The lowest BCUT2D eigenvalue weighted by Crippen LogP contribution is -2.37. The van der Waals surface area contributed by atoms with Gasteiger partial charge in [-0.05, 0) is 32.2 Å². The summed E-state index contributed by atoms with van der Waals surface area (Å²) in [6, 6.07) is 0.389. The quantitative estimate of drug-likeness (QED) is 0.693. The number of nitrogens with zero attached hydrogens (tertiary/aromatic N) is 1. The summed E-state index contributed by atoms with van der Waals surface area (Å²) in [5.41, 5.74) is 0.606. The van der Waals surface area contributed by atoms with Crippen LogP contribution in [0.4, 0.5) is 0 Å². The number of carbonyl (C=O) groups is 1. The molecule has 1 fully saturated rings. The second-order valence-electron chi connectivity index (χ2n) is 4.06. The van der Waals surface area contributed by atoms with E-state index >= 15 is 0 Å². The molecule has 0 spiro atoms. The van der Waals surface area contributed by atoms with Gasteiger partial charge in [0, 0.05) is 18.2 Å². The van der Waals surface area contributed by atoms with Crippen LogP contribution in [0.15, 0.2) is 11.6 Å². The lowest BCUT2D eigenvalue weighted by molar-refractivity contribution is -0.133. The van der Waals surface area contributed by atoms with E-state index in [1.807, 2.05) is 6.08 Å². The Labute approximate surface area is 78.0 Å². The smallest absolute Gasteiger partial charge is 0.331 e. The molecule has 1 unspecified atom stereocenters. The highest BCUT2D eigenvalue weighted by atomic mass is 16.4. The van der Waals surface area contributed by atoms with Gasteiger partial charge in [-0.25, -0.2) is 4.79 Å². The fraction of sp³-hybridized carbons (Fsp3) is 0.700. The monoisotopic (exact) mass is 181 g/mol. The maximum Gasteiger partial charge on any atom is 0.331 e. The van der Waals surface area contributed by atoms with E-state index in [1.165, 1.54) is 12.8 Å². The minimum absolute atomic E-state index is 0.389. The van der Waals surface area contributed by atoms with Crippen molar-refractivity contribution in [2.24, 2.45) is 5.92 Å².